The fourth-order valence-electron chi connectivity index (χ4n) is 2.44. The van der Waals surface area contributed by atoms with Crippen molar-refractivity contribution in [2.24, 2.45) is 0 Å². The van der Waals surface area contributed by atoms with Gasteiger partial charge in [0.2, 0.25) is 0 Å². The maximum absolute atomic E-state index is 12.2. The molecule has 0 radical (unpaired) electrons. The number of aromatic hydroxyl groups is 1. The van der Waals surface area contributed by atoms with E-state index in [4.69, 9.17) is 21.1 Å². The minimum Gasteiger partial charge on any atom is -0.506 e. The first-order valence-corrected chi connectivity index (χ1v) is 7.66. The van der Waals surface area contributed by atoms with E-state index in [0.29, 0.717) is 11.1 Å². The van der Waals surface area contributed by atoms with Crippen LogP contribution < -0.4 is 10.9 Å². The summed E-state index contributed by atoms with van der Waals surface area (Å²) in [4.78, 5) is 38.8. The van der Waals surface area contributed by atoms with E-state index < -0.39 is 35.4 Å². The number of aliphatic carboxylic acids is 1. The third kappa shape index (κ3) is 3.22. The van der Waals surface area contributed by atoms with Gasteiger partial charge in [0.25, 0.3) is 5.91 Å². The largest absolute Gasteiger partial charge is 0.506 e. The second-order valence-electron chi connectivity index (χ2n) is 5.26. The molecule has 26 heavy (non-hydrogen) atoms. The molecule has 0 saturated heterocycles. The van der Waals surface area contributed by atoms with Crippen molar-refractivity contribution in [1.82, 2.24) is 10.3 Å². The second kappa shape index (κ2) is 6.85. The molecule has 2 aromatic heterocycles. The fraction of sp³-hybridized carbons (Fsp3) is 0.0588. The quantitative estimate of drug-likeness (QED) is 0.595. The molecule has 9 heteroatoms. The molecule has 0 fully saturated rings. The van der Waals surface area contributed by atoms with Crippen molar-refractivity contribution in [2.45, 2.75) is 0 Å². The molecule has 0 aliphatic carbocycles. The average Bonchev–Trinajstić information content (AvgIpc) is 2.61. The Kier molecular flexibility index (Phi) is 4.59. The van der Waals surface area contributed by atoms with Crippen LogP contribution in [0.3, 0.4) is 0 Å². The normalized spacial score (nSPS) is 10.7. The first-order valence-electron chi connectivity index (χ1n) is 7.28. The summed E-state index contributed by atoms with van der Waals surface area (Å²) in [6, 6.07) is 6.26. The number of nitrogens with zero attached hydrogens (tertiary/aromatic N) is 1. The molecule has 8 nitrogen and oxygen atoms in total. The molecule has 2 heterocycles. The average molecular weight is 375 g/mol. The molecule has 3 aromatic rings. The zero-order chi connectivity index (χ0) is 18.8. The van der Waals surface area contributed by atoms with Gasteiger partial charge in [0, 0.05) is 28.5 Å². The molecule has 0 unspecified atom stereocenters. The number of hydrogen-bond acceptors (Lipinski definition) is 6. The highest BCUT2D eigenvalue weighted by Gasteiger charge is 2.23. The summed E-state index contributed by atoms with van der Waals surface area (Å²) >= 11 is 6.09. The van der Waals surface area contributed by atoms with Crippen molar-refractivity contribution in [3.8, 4) is 16.9 Å². The Morgan fingerprint density at radius 1 is 1.31 bits per heavy atom. The standard InChI is InChI=1S/C17H11ClN2O6/c18-9-4-10(8-2-1-3-19-6-8)15-11(5-9)14(23)13(17(25)26-15)16(24)20-7-12(21)22/h1-6,23H,7H2,(H,20,24)(H,21,22). The highest BCUT2D eigenvalue weighted by molar-refractivity contribution is 6.32. The Hall–Kier alpha value is -3.39. The highest BCUT2D eigenvalue weighted by Crippen LogP contribution is 2.36. The molecule has 3 rings (SSSR count). The minimum absolute atomic E-state index is 0.0275. The van der Waals surface area contributed by atoms with E-state index in [-0.39, 0.29) is 16.0 Å². The van der Waals surface area contributed by atoms with Gasteiger partial charge < -0.3 is 19.9 Å². The van der Waals surface area contributed by atoms with E-state index in [0.717, 1.165) is 0 Å². The SMILES string of the molecule is O=C(O)CNC(=O)c1c(O)c2cc(Cl)cc(-c3cccnc3)c2oc1=O. The molecule has 0 atom stereocenters. The van der Waals surface area contributed by atoms with Crippen LogP contribution in [-0.2, 0) is 4.79 Å². The lowest BCUT2D eigenvalue weighted by molar-refractivity contribution is -0.135. The number of benzene rings is 1. The molecule has 0 spiro atoms. The van der Waals surface area contributed by atoms with Gasteiger partial charge >= 0.3 is 11.6 Å². The molecule has 0 aliphatic rings. The number of carboxylic acid groups (broad SMARTS) is 1. The lowest BCUT2D eigenvalue weighted by Crippen LogP contribution is -2.32. The number of carboxylic acids is 1. The number of amides is 1. The third-order valence-corrected chi connectivity index (χ3v) is 3.76. The number of carbonyl (C=O) groups is 2. The van der Waals surface area contributed by atoms with Gasteiger partial charge in [-0.05, 0) is 18.2 Å². The summed E-state index contributed by atoms with van der Waals surface area (Å²) in [5, 5.41) is 21.3. The number of aromatic nitrogens is 1. The van der Waals surface area contributed by atoms with Crippen molar-refractivity contribution in [2.75, 3.05) is 6.54 Å². The lowest BCUT2D eigenvalue weighted by atomic mass is 10.0. The Labute approximate surface area is 150 Å². The summed E-state index contributed by atoms with van der Waals surface area (Å²) in [5.41, 5.74) is -0.778. The van der Waals surface area contributed by atoms with E-state index in [2.05, 4.69) is 4.98 Å². The summed E-state index contributed by atoms with van der Waals surface area (Å²) < 4.78 is 5.23. The van der Waals surface area contributed by atoms with Crippen LogP contribution in [0, 0.1) is 0 Å². The van der Waals surface area contributed by atoms with E-state index in [1.54, 1.807) is 18.3 Å². The van der Waals surface area contributed by atoms with E-state index >= 15 is 0 Å². The van der Waals surface area contributed by atoms with Gasteiger partial charge in [-0.15, -0.1) is 0 Å². The first-order chi connectivity index (χ1) is 12.4. The minimum atomic E-state index is -1.30. The van der Waals surface area contributed by atoms with Crippen LogP contribution in [0.2, 0.25) is 5.02 Å². The topological polar surface area (TPSA) is 130 Å². The van der Waals surface area contributed by atoms with Crippen LogP contribution in [0.1, 0.15) is 10.4 Å². The molecule has 132 valence electrons. The fourth-order valence-corrected chi connectivity index (χ4v) is 2.65. The van der Waals surface area contributed by atoms with Gasteiger partial charge in [0.05, 0.1) is 5.39 Å². The first kappa shape index (κ1) is 17.4. The molecule has 0 saturated carbocycles. The molecular weight excluding hydrogens is 364 g/mol. The predicted octanol–water partition coefficient (Wildman–Crippen LogP) is 2.03. The molecule has 0 aliphatic heterocycles. The Morgan fingerprint density at radius 2 is 2.08 bits per heavy atom. The number of fused-ring (bicyclic) bond motifs is 1. The van der Waals surface area contributed by atoms with Crippen LogP contribution in [-0.4, -0.2) is 33.6 Å². The van der Waals surface area contributed by atoms with E-state index in [1.165, 1.54) is 18.3 Å². The van der Waals surface area contributed by atoms with Crippen LogP contribution in [0.4, 0.5) is 0 Å². The lowest BCUT2D eigenvalue weighted by Gasteiger charge is -2.10. The Bertz CT molecular complexity index is 1080. The van der Waals surface area contributed by atoms with Crippen molar-refractivity contribution in [1.29, 1.82) is 0 Å². The number of hydrogen-bond donors (Lipinski definition) is 3. The van der Waals surface area contributed by atoms with Gasteiger partial charge in [-0.25, -0.2) is 4.79 Å². The maximum Gasteiger partial charge on any atom is 0.353 e. The molecule has 0 bridgehead atoms. The Morgan fingerprint density at radius 3 is 2.73 bits per heavy atom. The number of nitrogens with one attached hydrogen (secondary N) is 1. The maximum atomic E-state index is 12.2. The Balaban J connectivity index is 2.23. The third-order valence-electron chi connectivity index (χ3n) is 3.54. The summed E-state index contributed by atoms with van der Waals surface area (Å²) in [6.07, 6.45) is 3.09. The zero-order valence-corrected chi connectivity index (χ0v) is 13.8. The molecular formula is C17H11ClN2O6. The van der Waals surface area contributed by atoms with Crippen molar-refractivity contribution < 1.29 is 24.2 Å². The summed E-state index contributed by atoms with van der Waals surface area (Å²) in [5.74, 6) is -3.01. The second-order valence-corrected chi connectivity index (χ2v) is 5.70. The number of rotatable bonds is 4. The number of halogens is 1. The summed E-state index contributed by atoms with van der Waals surface area (Å²) in [6.45, 7) is -0.716. The molecule has 1 amide bonds. The van der Waals surface area contributed by atoms with Crippen LogP contribution in [0.25, 0.3) is 22.1 Å². The van der Waals surface area contributed by atoms with E-state index in [9.17, 15) is 19.5 Å². The van der Waals surface area contributed by atoms with Crippen LogP contribution in [0.5, 0.6) is 5.75 Å². The van der Waals surface area contributed by atoms with Crippen molar-refractivity contribution >= 4 is 34.4 Å². The van der Waals surface area contributed by atoms with Crippen molar-refractivity contribution in [3.05, 3.63) is 57.7 Å². The highest BCUT2D eigenvalue weighted by atomic mass is 35.5. The molecule has 1 aromatic carbocycles. The van der Waals surface area contributed by atoms with Gasteiger partial charge in [-0.2, -0.15) is 0 Å². The number of pyridine rings is 1. The van der Waals surface area contributed by atoms with Crippen LogP contribution >= 0.6 is 11.6 Å². The van der Waals surface area contributed by atoms with Crippen molar-refractivity contribution in [3.63, 3.8) is 0 Å². The van der Waals surface area contributed by atoms with Crippen LogP contribution in [0.15, 0.2) is 45.9 Å². The van der Waals surface area contributed by atoms with Gasteiger partial charge in [0.15, 0.2) is 5.56 Å². The number of carbonyl (C=O) groups excluding carboxylic acids is 1. The predicted molar refractivity (Wildman–Crippen MR) is 92.4 cm³/mol. The van der Waals surface area contributed by atoms with Gasteiger partial charge in [-0.1, -0.05) is 17.7 Å². The van der Waals surface area contributed by atoms with E-state index in [1.807, 2.05) is 5.32 Å². The smallest absolute Gasteiger partial charge is 0.353 e. The van der Waals surface area contributed by atoms with Gasteiger partial charge in [0.1, 0.15) is 17.9 Å². The van der Waals surface area contributed by atoms with Gasteiger partial charge in [-0.3, -0.25) is 14.6 Å². The summed E-state index contributed by atoms with van der Waals surface area (Å²) in [7, 11) is 0. The monoisotopic (exact) mass is 374 g/mol. The molecule has 3 N–H and O–H groups in total. The zero-order valence-electron chi connectivity index (χ0n) is 13.0.